The Labute approximate surface area is 87.1 Å². The van der Waals surface area contributed by atoms with Crippen LogP contribution in [0.4, 0.5) is 10.1 Å². The molecule has 1 rings (SSSR count). The quantitative estimate of drug-likeness (QED) is 0.763. The van der Waals surface area contributed by atoms with Crippen molar-refractivity contribution in [3.05, 3.63) is 29.6 Å². The summed E-state index contributed by atoms with van der Waals surface area (Å²) in [5, 5.41) is 8.38. The van der Waals surface area contributed by atoms with E-state index in [1.165, 1.54) is 12.1 Å². The van der Waals surface area contributed by atoms with Crippen molar-refractivity contribution >= 4 is 24.1 Å². The van der Waals surface area contributed by atoms with E-state index in [1.807, 2.05) is 0 Å². The highest BCUT2D eigenvalue weighted by Gasteiger charge is 2.02. The van der Waals surface area contributed by atoms with Gasteiger partial charge in [0.15, 0.2) is 0 Å². The summed E-state index contributed by atoms with van der Waals surface area (Å²) in [7, 11) is 0. The lowest BCUT2D eigenvalue weighted by Gasteiger charge is -2.00. The Hall–Kier alpha value is -1.29. The lowest BCUT2D eigenvalue weighted by Crippen LogP contribution is -1.98. The molecule has 0 aliphatic rings. The number of anilines is 1. The molecule has 14 heavy (non-hydrogen) atoms. The Morgan fingerprint density at radius 3 is 2.64 bits per heavy atom. The lowest BCUT2D eigenvalue weighted by molar-refractivity contribution is -0.136. The van der Waals surface area contributed by atoms with E-state index in [0.29, 0.717) is 12.0 Å². The second-order valence-electron chi connectivity index (χ2n) is 2.75. The minimum absolute atomic E-state index is 0. The van der Waals surface area contributed by atoms with Gasteiger partial charge in [-0.2, -0.15) is 0 Å². The first-order valence-corrected chi connectivity index (χ1v) is 3.85. The highest BCUT2D eigenvalue weighted by molar-refractivity contribution is 5.85. The van der Waals surface area contributed by atoms with Crippen LogP contribution in [0.1, 0.15) is 12.0 Å². The van der Waals surface area contributed by atoms with Crippen LogP contribution in [-0.2, 0) is 11.2 Å². The van der Waals surface area contributed by atoms with Crippen LogP contribution in [0.2, 0.25) is 0 Å². The lowest BCUT2D eigenvalue weighted by atomic mass is 10.1. The summed E-state index contributed by atoms with van der Waals surface area (Å²) in [5.41, 5.74) is 5.98. The molecule has 0 aliphatic carbocycles. The monoisotopic (exact) mass is 219 g/mol. The Morgan fingerprint density at radius 2 is 2.14 bits per heavy atom. The molecule has 0 saturated carbocycles. The molecule has 0 aromatic heterocycles. The fraction of sp³-hybridized carbons (Fsp3) is 0.222. The molecule has 0 spiro atoms. The van der Waals surface area contributed by atoms with E-state index in [0.717, 1.165) is 0 Å². The van der Waals surface area contributed by atoms with Crippen molar-refractivity contribution in [2.75, 3.05) is 5.73 Å². The Morgan fingerprint density at radius 1 is 1.50 bits per heavy atom. The molecule has 0 amide bonds. The number of carboxylic acids is 1. The topological polar surface area (TPSA) is 63.3 Å². The van der Waals surface area contributed by atoms with Gasteiger partial charge in [-0.1, -0.05) is 6.07 Å². The van der Waals surface area contributed by atoms with Gasteiger partial charge in [0.1, 0.15) is 5.82 Å². The molecule has 78 valence electrons. The average molecular weight is 220 g/mol. The van der Waals surface area contributed by atoms with Gasteiger partial charge in [-0.3, -0.25) is 4.79 Å². The number of hydrogen-bond donors (Lipinski definition) is 2. The van der Waals surface area contributed by atoms with Crippen LogP contribution in [0.3, 0.4) is 0 Å². The molecule has 3 nitrogen and oxygen atoms in total. The standard InChI is InChI=1S/C9H10FNO2.ClH/c10-7-5-6(1-3-8(7)11)2-4-9(12)13;/h1,3,5H,2,4,11H2,(H,12,13);1H. The number of halogens is 2. The molecule has 0 saturated heterocycles. The van der Waals surface area contributed by atoms with Crippen LogP contribution in [0.25, 0.3) is 0 Å². The van der Waals surface area contributed by atoms with Gasteiger partial charge in [0.2, 0.25) is 0 Å². The number of benzene rings is 1. The third-order valence-electron chi connectivity index (χ3n) is 1.69. The molecule has 0 aliphatic heterocycles. The second kappa shape index (κ2) is 5.44. The molecule has 0 bridgehead atoms. The minimum Gasteiger partial charge on any atom is -0.481 e. The zero-order valence-electron chi connectivity index (χ0n) is 7.37. The third kappa shape index (κ3) is 3.62. The summed E-state index contributed by atoms with van der Waals surface area (Å²) in [6.07, 6.45) is 0.329. The first-order valence-electron chi connectivity index (χ1n) is 3.85. The summed E-state index contributed by atoms with van der Waals surface area (Å²) in [6.45, 7) is 0. The van der Waals surface area contributed by atoms with Crippen molar-refractivity contribution in [2.45, 2.75) is 12.8 Å². The Kier molecular flexibility index (Phi) is 4.94. The van der Waals surface area contributed by atoms with Crippen LogP contribution in [-0.4, -0.2) is 11.1 Å². The van der Waals surface area contributed by atoms with Gasteiger partial charge in [-0.25, -0.2) is 4.39 Å². The number of aryl methyl sites for hydroxylation is 1. The summed E-state index contributed by atoms with van der Waals surface area (Å²) < 4.78 is 12.8. The smallest absolute Gasteiger partial charge is 0.303 e. The zero-order chi connectivity index (χ0) is 9.84. The van der Waals surface area contributed by atoms with Crippen molar-refractivity contribution in [3.63, 3.8) is 0 Å². The maximum absolute atomic E-state index is 12.8. The van der Waals surface area contributed by atoms with E-state index < -0.39 is 11.8 Å². The summed E-state index contributed by atoms with van der Waals surface area (Å²) in [5.74, 6) is -1.39. The molecule has 0 radical (unpaired) electrons. The number of carbonyl (C=O) groups is 1. The number of carboxylic acid groups (broad SMARTS) is 1. The van der Waals surface area contributed by atoms with E-state index in [1.54, 1.807) is 6.07 Å². The Balaban J connectivity index is 0.00000169. The number of rotatable bonds is 3. The van der Waals surface area contributed by atoms with Gasteiger partial charge in [0.25, 0.3) is 0 Å². The van der Waals surface area contributed by atoms with Crippen molar-refractivity contribution in [3.8, 4) is 0 Å². The largest absolute Gasteiger partial charge is 0.481 e. The van der Waals surface area contributed by atoms with Gasteiger partial charge < -0.3 is 10.8 Å². The molecular weight excluding hydrogens is 209 g/mol. The van der Waals surface area contributed by atoms with E-state index in [9.17, 15) is 9.18 Å². The van der Waals surface area contributed by atoms with Crippen molar-refractivity contribution in [1.82, 2.24) is 0 Å². The first-order chi connectivity index (χ1) is 6.09. The molecule has 1 aromatic carbocycles. The zero-order valence-corrected chi connectivity index (χ0v) is 8.18. The number of hydrogen-bond acceptors (Lipinski definition) is 2. The number of aliphatic carboxylic acids is 1. The third-order valence-corrected chi connectivity index (χ3v) is 1.69. The van der Waals surface area contributed by atoms with Gasteiger partial charge >= 0.3 is 5.97 Å². The van der Waals surface area contributed by atoms with Crippen LogP contribution < -0.4 is 5.73 Å². The van der Waals surface area contributed by atoms with Gasteiger partial charge in [0.05, 0.1) is 5.69 Å². The van der Waals surface area contributed by atoms with Crippen molar-refractivity contribution in [2.24, 2.45) is 0 Å². The number of nitrogens with two attached hydrogens (primary N) is 1. The molecule has 0 fully saturated rings. The maximum atomic E-state index is 12.8. The van der Waals surface area contributed by atoms with E-state index in [4.69, 9.17) is 10.8 Å². The summed E-state index contributed by atoms with van der Waals surface area (Å²) in [4.78, 5) is 10.2. The van der Waals surface area contributed by atoms with Crippen LogP contribution in [0.15, 0.2) is 18.2 Å². The predicted molar refractivity (Wildman–Crippen MR) is 54.0 cm³/mol. The molecule has 0 heterocycles. The molecular formula is C9H11ClFNO2. The molecule has 0 atom stereocenters. The molecule has 0 unspecified atom stereocenters. The van der Waals surface area contributed by atoms with Crippen LogP contribution in [0.5, 0.6) is 0 Å². The Bertz CT molecular complexity index is 331. The molecule has 3 N–H and O–H groups in total. The fourth-order valence-electron chi connectivity index (χ4n) is 0.977. The highest BCUT2D eigenvalue weighted by atomic mass is 35.5. The fourth-order valence-corrected chi connectivity index (χ4v) is 0.977. The minimum atomic E-state index is -0.891. The van der Waals surface area contributed by atoms with Crippen molar-refractivity contribution < 1.29 is 14.3 Å². The number of nitrogen functional groups attached to an aromatic ring is 1. The summed E-state index contributed by atoms with van der Waals surface area (Å²) in [6, 6.07) is 4.33. The maximum Gasteiger partial charge on any atom is 0.303 e. The van der Waals surface area contributed by atoms with Crippen LogP contribution in [0, 0.1) is 5.82 Å². The molecule has 5 heteroatoms. The first kappa shape index (κ1) is 12.7. The van der Waals surface area contributed by atoms with Gasteiger partial charge in [-0.15, -0.1) is 12.4 Å². The van der Waals surface area contributed by atoms with Crippen LogP contribution >= 0.6 is 12.4 Å². The van der Waals surface area contributed by atoms with Gasteiger partial charge in [-0.05, 0) is 24.1 Å². The van der Waals surface area contributed by atoms with E-state index in [-0.39, 0.29) is 24.5 Å². The highest BCUT2D eigenvalue weighted by Crippen LogP contribution is 2.13. The SMILES string of the molecule is Cl.Nc1ccc(CCC(=O)O)cc1F. The molecule has 1 aromatic rings. The van der Waals surface area contributed by atoms with E-state index >= 15 is 0 Å². The second-order valence-corrected chi connectivity index (χ2v) is 2.75. The normalized spacial score (nSPS) is 9.21. The van der Waals surface area contributed by atoms with E-state index in [2.05, 4.69) is 0 Å². The average Bonchev–Trinajstić information content (AvgIpc) is 2.07. The van der Waals surface area contributed by atoms with Crippen molar-refractivity contribution in [1.29, 1.82) is 0 Å². The van der Waals surface area contributed by atoms with Gasteiger partial charge in [0, 0.05) is 6.42 Å². The summed E-state index contributed by atoms with van der Waals surface area (Å²) >= 11 is 0. The predicted octanol–water partition coefficient (Wildman–Crippen LogP) is 1.85.